The van der Waals surface area contributed by atoms with Crippen LogP contribution in [0.5, 0.6) is 0 Å². The first-order valence-corrected chi connectivity index (χ1v) is 42.2. The molecule has 5 aromatic rings. The second kappa shape index (κ2) is 42.5. The number of aliphatic hydroxyl groups is 2. The first kappa shape index (κ1) is 91.7. The molecule has 646 valence electrons. The lowest BCUT2D eigenvalue weighted by Crippen LogP contribution is -2.62. The lowest BCUT2D eigenvalue weighted by Gasteiger charge is -2.34. The highest BCUT2D eigenvalue weighted by molar-refractivity contribution is 8.76. The van der Waals surface area contributed by atoms with Gasteiger partial charge in [-0.05, 0) is 93.4 Å². The van der Waals surface area contributed by atoms with Gasteiger partial charge in [-0.2, -0.15) is 0 Å². The summed E-state index contributed by atoms with van der Waals surface area (Å²) in [6.45, 7) is 10.3. The predicted octanol–water partition coefficient (Wildman–Crippen LogP) is -3.33. The van der Waals surface area contributed by atoms with E-state index in [1.807, 2.05) is 0 Å². The molecule has 3 aromatic heterocycles. The van der Waals surface area contributed by atoms with E-state index in [4.69, 9.17) is 5.73 Å². The Kier molecular flexibility index (Phi) is 32.7. The molecule has 4 fully saturated rings. The summed E-state index contributed by atoms with van der Waals surface area (Å²) >= 11 is 0. The van der Waals surface area contributed by atoms with Gasteiger partial charge in [0.15, 0.2) is 0 Å². The summed E-state index contributed by atoms with van der Waals surface area (Å²) in [6, 6.07) is -9.11. The van der Waals surface area contributed by atoms with Gasteiger partial charge >= 0.3 is 5.97 Å². The van der Waals surface area contributed by atoms with Crippen LogP contribution in [0.2, 0.25) is 0 Å². The van der Waals surface area contributed by atoms with Crippen LogP contribution in [0.25, 0.3) is 21.8 Å². The molecule has 0 spiro atoms. The minimum absolute atomic E-state index is 0.0385. The van der Waals surface area contributed by atoms with Gasteiger partial charge in [0, 0.05) is 102 Å². The van der Waals surface area contributed by atoms with Crippen molar-refractivity contribution in [3.63, 3.8) is 0 Å². The predicted molar refractivity (Wildman–Crippen MR) is 435 cm³/mol. The first-order valence-electron chi connectivity index (χ1n) is 39.7. The number of rotatable bonds is 16. The van der Waals surface area contributed by atoms with Gasteiger partial charge in [0.05, 0.1) is 25.6 Å². The fraction of sp³-hybridized carbons (Fsp3) is 0.551. The number of imidazole rings is 1. The lowest BCUT2D eigenvalue weighted by atomic mass is 9.98. The van der Waals surface area contributed by atoms with E-state index in [1.54, 1.807) is 102 Å². The Morgan fingerprint density at radius 2 is 1.03 bits per heavy atom. The molecule has 7 heterocycles. The number of benzene rings is 2. The first-order chi connectivity index (χ1) is 56.6. The van der Waals surface area contributed by atoms with Crippen LogP contribution >= 0.6 is 21.6 Å². The molecule has 9 rings (SSSR count). The van der Waals surface area contributed by atoms with Crippen molar-refractivity contribution in [3.8, 4) is 0 Å². The monoisotopic (exact) mass is 1690 g/mol. The molecular weight excluding hydrogens is 1590 g/mol. The van der Waals surface area contributed by atoms with E-state index < -0.39 is 235 Å². The van der Waals surface area contributed by atoms with Crippen molar-refractivity contribution in [2.45, 2.75) is 216 Å². The molecule has 0 aliphatic carbocycles. The molecule has 0 unspecified atom stereocenters. The number of amides is 15. The summed E-state index contributed by atoms with van der Waals surface area (Å²) in [6.07, 6.45) is 2.09. The van der Waals surface area contributed by atoms with Crippen molar-refractivity contribution in [1.29, 1.82) is 0 Å². The fourth-order valence-corrected chi connectivity index (χ4v) is 16.9. The van der Waals surface area contributed by atoms with Crippen LogP contribution in [0, 0.1) is 17.8 Å². The van der Waals surface area contributed by atoms with Gasteiger partial charge in [0.1, 0.15) is 84.6 Å². The number of H-pyrrole nitrogens is 3. The molecule has 2 bridgehead atoms. The maximum Gasteiger partial charge on any atom is 0.303 e. The zero-order valence-corrected chi connectivity index (χ0v) is 69.0. The van der Waals surface area contributed by atoms with E-state index >= 15 is 24.0 Å². The topological polar surface area (TPSA) is 583 Å². The molecule has 0 saturated carbocycles. The van der Waals surface area contributed by atoms with E-state index in [0.717, 1.165) is 21.6 Å². The van der Waals surface area contributed by atoms with Crippen LogP contribution in [-0.4, -0.2) is 274 Å². The summed E-state index contributed by atoms with van der Waals surface area (Å²) in [5, 5.41) is 67.5. The Bertz CT molecular complexity index is 4520. The van der Waals surface area contributed by atoms with Gasteiger partial charge in [-0.15, -0.1) is 0 Å². The Morgan fingerprint density at radius 3 is 1.57 bits per heavy atom. The number of nitrogens with two attached hydrogens (primary N) is 1. The average Bonchev–Trinajstić information content (AvgIpc) is 1.66. The summed E-state index contributed by atoms with van der Waals surface area (Å²) in [5.41, 5.74) is 8.90. The van der Waals surface area contributed by atoms with Gasteiger partial charge in [0.25, 0.3) is 0 Å². The number of carbonyl (C=O) groups excluding carboxylic acids is 15. The molecule has 21 N–H and O–H groups in total. The number of nitrogens with one attached hydrogen (secondary N) is 16. The zero-order chi connectivity index (χ0) is 86.6. The van der Waals surface area contributed by atoms with Crippen molar-refractivity contribution < 1.29 is 92.0 Å². The van der Waals surface area contributed by atoms with Crippen LogP contribution in [0.1, 0.15) is 117 Å². The lowest BCUT2D eigenvalue weighted by molar-refractivity contribution is -0.149. The third-order valence-electron chi connectivity index (χ3n) is 20.9. The normalized spacial score (nSPS) is 27.3. The third kappa shape index (κ3) is 25.0. The number of carboxylic acids is 1. The number of aromatic nitrogens is 4. The van der Waals surface area contributed by atoms with Crippen molar-refractivity contribution in [2.24, 2.45) is 23.5 Å². The number of carboxylic acid groups (broad SMARTS) is 1. The van der Waals surface area contributed by atoms with E-state index in [9.17, 15) is 68.1 Å². The summed E-state index contributed by atoms with van der Waals surface area (Å²) in [4.78, 5) is 250. The van der Waals surface area contributed by atoms with Gasteiger partial charge in [-0.3, -0.25) is 76.7 Å². The van der Waals surface area contributed by atoms with E-state index in [2.05, 4.69) is 89.1 Å². The number of aromatic amines is 3. The maximum absolute atomic E-state index is 15.5. The highest BCUT2D eigenvalue weighted by Gasteiger charge is 2.48. The SMILES string of the molecule is CC(C)C[C@@H]1NC(=O)[C@H](Cc2cnc[nH]2)NC(=O)[C@H](Cc2c[nH]c3ccccc23)NC(=O)[C@H](CO)NC(=O)[C@@H]2CSSC[C@H](NC(=O)[C@H](Cc3c[nH]c4ccccc34)NC(=O)[C@H](C(C)C)NC(=O)[C@H](CC(C)C)NC(=O)[C@H](CCC(=O)O)NC(=O)CNC1=O)C(=O)N[C@@H]([C@@H](C)O)C(=O)N1CCC[C@@H]1C(=O)N1C[C@@H](N)C[C@H]1C(=O)N[C@@H](C)C(=O)N2. The minimum atomic E-state index is -1.94. The highest BCUT2D eigenvalue weighted by Crippen LogP contribution is 2.29. The van der Waals surface area contributed by atoms with Crippen LogP contribution in [-0.2, 0) is 96.0 Å². The molecule has 16 atom stereocenters. The zero-order valence-electron chi connectivity index (χ0n) is 67.3. The third-order valence-corrected chi connectivity index (χ3v) is 23.3. The summed E-state index contributed by atoms with van der Waals surface area (Å²) in [5.74, 6) is -18.5. The molecule has 4 aliphatic heterocycles. The molecular formula is C78H108N20O19S2. The quantitative estimate of drug-likeness (QED) is 0.0430. The second-order valence-corrected chi connectivity index (χ2v) is 34.1. The Hall–Kier alpha value is -11.2. The second-order valence-electron chi connectivity index (χ2n) is 31.6. The van der Waals surface area contributed by atoms with E-state index in [0.29, 0.717) is 38.6 Å². The fourth-order valence-electron chi connectivity index (χ4n) is 14.6. The number of aliphatic carboxylic acids is 1. The average molecular weight is 1690 g/mol. The molecule has 4 saturated heterocycles. The summed E-state index contributed by atoms with van der Waals surface area (Å²) < 4.78 is 0. The smallest absolute Gasteiger partial charge is 0.303 e. The van der Waals surface area contributed by atoms with Gasteiger partial charge in [-0.25, -0.2) is 4.98 Å². The number of aliphatic hydroxyl groups excluding tert-OH is 2. The number of fused-ring (bicyclic) bond motifs is 9. The minimum Gasteiger partial charge on any atom is -0.481 e. The van der Waals surface area contributed by atoms with Gasteiger partial charge in [0.2, 0.25) is 88.6 Å². The largest absolute Gasteiger partial charge is 0.481 e. The number of para-hydroxylation sites is 2. The Balaban J connectivity index is 1.13. The molecule has 15 amide bonds. The van der Waals surface area contributed by atoms with Crippen LogP contribution in [0.3, 0.4) is 0 Å². The molecule has 119 heavy (non-hydrogen) atoms. The number of hydrogen-bond acceptors (Lipinski definition) is 22. The molecule has 0 radical (unpaired) electrons. The van der Waals surface area contributed by atoms with Gasteiger partial charge < -0.3 is 115 Å². The highest BCUT2D eigenvalue weighted by atomic mass is 33.1. The number of carbonyl (C=O) groups is 16. The molecule has 4 aliphatic rings. The standard InChI is InChI=1S/C78H108N20O19S2/c1-37(2)22-51-66(105)83-31-61(101)86-50(19-20-62(102)103)67(106)88-52(23-38(3)4)71(110)95-63(39(5)6)76(115)91-54(25-43-29-82-49-17-12-10-15-47(43)49)69(108)94-58-35-119-118-34-57(93-65(104)40(7)85-75(114)60-26-44(79)32-98(60)77(116)59-18-13-21-97(59)78(117)64(41(8)100)96-74(58)113)73(112)92-56(33-99)72(111)89-53(24-42-28-81-48-16-11-9-14-46(42)48)68(107)90-55(70(109)87-51)27-45-30-80-36-84-45/h9-12,14-17,28-30,36-41,44,50-60,63-64,81-82,99-100H,13,18-27,31-35,79H2,1-8H3,(H,80,84)(H,83,105)(H,85,114)(H,86,101)(H,87,109)(H,88,106)(H,89,111)(H,90,107)(H,91,115)(H,92,112)(H,93,104)(H,94,108)(H,95,110)(H,96,113)(H,102,103)/t40-,41+,44-,50-,51-,52-,53-,54-,55-,56-,57-,58-,59+,60-,63-,64-/m0/s1. The molecule has 2 aromatic carbocycles. The molecule has 39 nitrogen and oxygen atoms in total. The Labute approximate surface area is 693 Å². The van der Waals surface area contributed by atoms with E-state index in [-0.39, 0.29) is 76.3 Å². The van der Waals surface area contributed by atoms with Crippen molar-refractivity contribution in [2.75, 3.05) is 37.7 Å². The summed E-state index contributed by atoms with van der Waals surface area (Å²) in [7, 11) is 1.64. The number of nitrogens with zero attached hydrogens (tertiary/aromatic N) is 3. The van der Waals surface area contributed by atoms with Crippen molar-refractivity contribution >= 4 is 138 Å². The van der Waals surface area contributed by atoms with Crippen LogP contribution < -0.4 is 74.9 Å². The van der Waals surface area contributed by atoms with E-state index in [1.165, 1.54) is 36.2 Å². The van der Waals surface area contributed by atoms with Crippen molar-refractivity contribution in [1.82, 2.24) is 98.9 Å². The van der Waals surface area contributed by atoms with Gasteiger partial charge in [-0.1, -0.05) is 99.5 Å². The van der Waals surface area contributed by atoms with Crippen molar-refractivity contribution in [3.05, 3.63) is 90.3 Å². The number of hydrogen-bond donors (Lipinski definition) is 20. The maximum atomic E-state index is 15.5. The molecule has 41 heteroatoms. The van der Waals surface area contributed by atoms with Crippen LogP contribution in [0.4, 0.5) is 0 Å². The van der Waals surface area contributed by atoms with Crippen LogP contribution in [0.15, 0.2) is 73.4 Å². The Morgan fingerprint density at radius 1 is 0.529 bits per heavy atom.